The Morgan fingerprint density at radius 2 is 1.94 bits per heavy atom. The first kappa shape index (κ1) is 12.8. The van der Waals surface area contributed by atoms with Crippen LogP contribution < -0.4 is 0 Å². The van der Waals surface area contributed by atoms with Crippen LogP contribution in [0.25, 0.3) is 0 Å². The van der Waals surface area contributed by atoms with Crippen molar-refractivity contribution < 1.29 is 9.50 Å². The fourth-order valence-electron chi connectivity index (χ4n) is 2.63. The van der Waals surface area contributed by atoms with Crippen LogP contribution in [0.5, 0.6) is 0 Å². The van der Waals surface area contributed by atoms with Crippen LogP contribution in [-0.4, -0.2) is 5.11 Å². The van der Waals surface area contributed by atoms with Crippen LogP contribution in [0.4, 0.5) is 4.39 Å². The zero-order valence-corrected chi connectivity index (χ0v) is 10.8. The van der Waals surface area contributed by atoms with E-state index in [1.54, 1.807) is 12.1 Å². The largest absolute Gasteiger partial charge is 0.388 e. The molecular formula is C14H18ClFO. The van der Waals surface area contributed by atoms with Crippen LogP contribution in [0.15, 0.2) is 18.2 Å². The lowest BCUT2D eigenvalue weighted by atomic mass is 9.78. The summed E-state index contributed by atoms with van der Waals surface area (Å²) in [4.78, 5) is 0. The molecule has 94 valence electrons. The maximum atomic E-state index is 13.7. The van der Waals surface area contributed by atoms with E-state index in [0.717, 1.165) is 31.6 Å². The summed E-state index contributed by atoms with van der Waals surface area (Å²) in [6.07, 6.45) is 3.35. The number of halogens is 2. The van der Waals surface area contributed by atoms with Crippen molar-refractivity contribution in [3.05, 3.63) is 34.6 Å². The molecule has 1 atom stereocenters. The molecule has 0 aliphatic heterocycles. The molecule has 0 spiro atoms. The van der Waals surface area contributed by atoms with Crippen molar-refractivity contribution in [2.24, 2.45) is 11.8 Å². The van der Waals surface area contributed by atoms with Gasteiger partial charge in [-0.1, -0.05) is 37.4 Å². The van der Waals surface area contributed by atoms with Crippen molar-refractivity contribution >= 4 is 11.6 Å². The van der Waals surface area contributed by atoms with Gasteiger partial charge in [0.15, 0.2) is 0 Å². The standard InChI is InChI=1S/C14H18ClFO/c1-9-5-7-10(8-6-9)14(17)13-11(15)3-2-4-12(13)16/h2-4,9-10,14,17H,5-8H2,1H3. The third-order valence-corrected chi connectivity index (χ3v) is 4.13. The van der Waals surface area contributed by atoms with Crippen molar-refractivity contribution in [1.82, 2.24) is 0 Å². The van der Waals surface area contributed by atoms with Crippen LogP contribution in [0.2, 0.25) is 5.02 Å². The first-order chi connectivity index (χ1) is 8.09. The van der Waals surface area contributed by atoms with Gasteiger partial charge in [-0.2, -0.15) is 0 Å². The lowest BCUT2D eigenvalue weighted by molar-refractivity contribution is 0.0727. The molecule has 1 aromatic carbocycles. The Morgan fingerprint density at radius 1 is 1.29 bits per heavy atom. The van der Waals surface area contributed by atoms with Crippen molar-refractivity contribution in [2.45, 2.75) is 38.7 Å². The van der Waals surface area contributed by atoms with E-state index in [-0.39, 0.29) is 11.5 Å². The van der Waals surface area contributed by atoms with Gasteiger partial charge in [0.2, 0.25) is 0 Å². The number of hydrogen-bond donors (Lipinski definition) is 1. The zero-order chi connectivity index (χ0) is 12.4. The Balaban J connectivity index is 2.16. The van der Waals surface area contributed by atoms with E-state index >= 15 is 0 Å². The molecule has 1 aromatic rings. The van der Waals surface area contributed by atoms with Gasteiger partial charge in [0.25, 0.3) is 0 Å². The molecule has 1 N–H and O–H groups in total. The molecule has 1 aliphatic rings. The number of aliphatic hydroxyl groups is 1. The number of rotatable bonds is 2. The lowest BCUT2D eigenvalue weighted by Crippen LogP contribution is -2.20. The molecule has 1 nitrogen and oxygen atoms in total. The van der Waals surface area contributed by atoms with E-state index < -0.39 is 11.9 Å². The highest BCUT2D eigenvalue weighted by Crippen LogP contribution is 2.39. The highest BCUT2D eigenvalue weighted by Gasteiger charge is 2.28. The second-order valence-corrected chi connectivity index (χ2v) is 5.51. The Labute approximate surface area is 107 Å². The van der Waals surface area contributed by atoms with Gasteiger partial charge in [0, 0.05) is 10.6 Å². The molecule has 1 fully saturated rings. The second-order valence-electron chi connectivity index (χ2n) is 5.10. The van der Waals surface area contributed by atoms with Gasteiger partial charge in [-0.05, 0) is 36.8 Å². The fraction of sp³-hybridized carbons (Fsp3) is 0.571. The second kappa shape index (κ2) is 5.36. The maximum Gasteiger partial charge on any atom is 0.130 e. The molecule has 2 rings (SSSR count). The number of benzene rings is 1. The summed E-state index contributed by atoms with van der Waals surface area (Å²) in [6.45, 7) is 2.22. The van der Waals surface area contributed by atoms with Gasteiger partial charge < -0.3 is 5.11 Å². The van der Waals surface area contributed by atoms with E-state index in [0.29, 0.717) is 5.02 Å². The first-order valence-electron chi connectivity index (χ1n) is 6.21. The van der Waals surface area contributed by atoms with E-state index in [2.05, 4.69) is 6.92 Å². The third kappa shape index (κ3) is 2.80. The van der Waals surface area contributed by atoms with Crippen LogP contribution in [-0.2, 0) is 0 Å². The van der Waals surface area contributed by atoms with Crippen LogP contribution in [0.3, 0.4) is 0 Å². The monoisotopic (exact) mass is 256 g/mol. The van der Waals surface area contributed by atoms with E-state index in [1.807, 2.05) is 0 Å². The topological polar surface area (TPSA) is 20.2 Å². The number of aliphatic hydroxyl groups excluding tert-OH is 1. The summed E-state index contributed by atoms with van der Waals surface area (Å²) >= 11 is 5.97. The Morgan fingerprint density at radius 3 is 2.53 bits per heavy atom. The van der Waals surface area contributed by atoms with E-state index in [9.17, 15) is 9.50 Å². The van der Waals surface area contributed by atoms with Crippen LogP contribution in [0, 0.1) is 17.7 Å². The quantitative estimate of drug-likeness (QED) is 0.835. The summed E-state index contributed by atoms with van der Waals surface area (Å²) in [5.41, 5.74) is 0.272. The predicted octanol–water partition coefficient (Wildman–Crippen LogP) is 4.34. The van der Waals surface area contributed by atoms with Crippen LogP contribution in [0.1, 0.15) is 44.3 Å². The molecule has 0 amide bonds. The van der Waals surface area contributed by atoms with Crippen LogP contribution >= 0.6 is 11.6 Å². The van der Waals surface area contributed by atoms with Gasteiger partial charge in [-0.3, -0.25) is 0 Å². The SMILES string of the molecule is CC1CCC(C(O)c2c(F)cccc2Cl)CC1. The molecule has 1 saturated carbocycles. The lowest BCUT2D eigenvalue weighted by Gasteiger charge is -2.30. The maximum absolute atomic E-state index is 13.7. The smallest absolute Gasteiger partial charge is 0.130 e. The van der Waals surface area contributed by atoms with E-state index in [1.165, 1.54) is 6.07 Å². The zero-order valence-electron chi connectivity index (χ0n) is 10.00. The van der Waals surface area contributed by atoms with Gasteiger partial charge in [-0.15, -0.1) is 0 Å². The minimum atomic E-state index is -0.767. The summed E-state index contributed by atoms with van der Waals surface area (Å²) in [5, 5.41) is 10.6. The first-order valence-corrected chi connectivity index (χ1v) is 6.59. The molecular weight excluding hydrogens is 239 g/mol. The van der Waals surface area contributed by atoms with Gasteiger partial charge in [0.05, 0.1) is 6.10 Å². The normalized spacial score (nSPS) is 26.8. The Kier molecular flexibility index (Phi) is 4.05. The molecule has 0 saturated heterocycles. The van der Waals surface area contributed by atoms with E-state index in [4.69, 9.17) is 11.6 Å². The molecule has 1 aliphatic carbocycles. The molecule has 0 heterocycles. The summed E-state index contributed by atoms with van der Waals surface area (Å²) < 4.78 is 13.7. The van der Waals surface area contributed by atoms with Crippen molar-refractivity contribution in [3.63, 3.8) is 0 Å². The van der Waals surface area contributed by atoms with Crippen molar-refractivity contribution in [2.75, 3.05) is 0 Å². The molecule has 0 bridgehead atoms. The Bertz CT molecular complexity index is 366. The molecule has 3 heteroatoms. The summed E-state index contributed by atoms with van der Waals surface area (Å²) in [5.74, 6) is 0.457. The molecule has 17 heavy (non-hydrogen) atoms. The minimum absolute atomic E-state index is 0.139. The Hall–Kier alpha value is -0.600. The predicted molar refractivity (Wildman–Crippen MR) is 67.5 cm³/mol. The van der Waals surface area contributed by atoms with Crippen molar-refractivity contribution in [3.8, 4) is 0 Å². The third-order valence-electron chi connectivity index (χ3n) is 3.80. The average Bonchev–Trinajstić information content (AvgIpc) is 2.29. The van der Waals surface area contributed by atoms with Crippen molar-refractivity contribution in [1.29, 1.82) is 0 Å². The summed E-state index contributed by atoms with van der Waals surface area (Å²) in [7, 11) is 0. The van der Waals surface area contributed by atoms with Gasteiger partial charge in [0.1, 0.15) is 5.82 Å². The highest BCUT2D eigenvalue weighted by molar-refractivity contribution is 6.31. The van der Waals surface area contributed by atoms with Gasteiger partial charge >= 0.3 is 0 Å². The van der Waals surface area contributed by atoms with Gasteiger partial charge in [-0.25, -0.2) is 4.39 Å². The fourth-order valence-corrected chi connectivity index (χ4v) is 2.91. The molecule has 0 radical (unpaired) electrons. The average molecular weight is 257 g/mol. The minimum Gasteiger partial charge on any atom is -0.388 e. The highest BCUT2D eigenvalue weighted by atomic mass is 35.5. The number of hydrogen-bond acceptors (Lipinski definition) is 1. The molecule has 0 aromatic heterocycles. The summed E-state index contributed by atoms with van der Waals surface area (Å²) in [6, 6.07) is 4.56. The molecule has 1 unspecified atom stereocenters.